The van der Waals surface area contributed by atoms with E-state index in [-0.39, 0.29) is 17.2 Å². The minimum atomic E-state index is -0.139. The minimum absolute atomic E-state index is 0.0750. The molecule has 4 N–H and O–H groups in total. The summed E-state index contributed by atoms with van der Waals surface area (Å²) in [6.07, 6.45) is 4.99. The first-order valence-corrected chi connectivity index (χ1v) is 11.9. The van der Waals surface area contributed by atoms with Gasteiger partial charge in [-0.25, -0.2) is 0 Å². The smallest absolute Gasteiger partial charge is 0.220 e. The van der Waals surface area contributed by atoms with Gasteiger partial charge in [0.2, 0.25) is 5.91 Å². The molecule has 31 heavy (non-hydrogen) atoms. The van der Waals surface area contributed by atoms with Crippen molar-refractivity contribution in [1.29, 1.82) is 0 Å². The van der Waals surface area contributed by atoms with Gasteiger partial charge in [0.15, 0.2) is 5.96 Å². The van der Waals surface area contributed by atoms with Crippen LogP contribution < -0.4 is 16.4 Å². The van der Waals surface area contributed by atoms with Crippen LogP contribution >= 0.6 is 0 Å². The molecule has 0 aliphatic carbocycles. The second-order valence-corrected chi connectivity index (χ2v) is 9.61. The quantitative estimate of drug-likeness (QED) is 0.303. The van der Waals surface area contributed by atoms with E-state index in [0.29, 0.717) is 0 Å². The lowest BCUT2D eigenvalue weighted by Crippen LogP contribution is -2.39. The third kappa shape index (κ3) is 9.30. The highest BCUT2D eigenvalue weighted by molar-refractivity contribution is 5.79. The monoisotopic (exact) mass is 429 g/mol. The number of rotatable bonds is 10. The molecule has 0 saturated carbocycles. The maximum atomic E-state index is 11.3. The molecular formula is C25H43N5O. The Labute approximate surface area is 189 Å². The zero-order chi connectivity index (χ0) is 22.7. The van der Waals surface area contributed by atoms with Crippen LogP contribution in [0.3, 0.4) is 0 Å². The molecule has 0 atom stereocenters. The van der Waals surface area contributed by atoms with Crippen molar-refractivity contribution in [3.63, 3.8) is 0 Å². The SMILES string of the molecule is CCNC(=NCCCCN1CCC(C(N)=O)CC1)NCCc1ccc(C(C)(C)C)cc1. The minimum Gasteiger partial charge on any atom is -0.369 e. The van der Waals surface area contributed by atoms with Crippen molar-refractivity contribution in [1.82, 2.24) is 15.5 Å². The summed E-state index contributed by atoms with van der Waals surface area (Å²) in [6.45, 7) is 14.4. The summed E-state index contributed by atoms with van der Waals surface area (Å²) < 4.78 is 0. The number of likely N-dealkylation sites (tertiary alicyclic amines) is 1. The van der Waals surface area contributed by atoms with Crippen LogP contribution in [0.25, 0.3) is 0 Å². The molecule has 1 aliphatic heterocycles. The largest absolute Gasteiger partial charge is 0.369 e. The van der Waals surface area contributed by atoms with E-state index >= 15 is 0 Å². The summed E-state index contributed by atoms with van der Waals surface area (Å²) in [5.41, 5.74) is 8.32. The molecule has 1 saturated heterocycles. The molecular weight excluding hydrogens is 386 g/mol. The Bertz CT molecular complexity index is 685. The highest BCUT2D eigenvalue weighted by Gasteiger charge is 2.22. The first-order valence-electron chi connectivity index (χ1n) is 11.9. The first kappa shape index (κ1) is 25.2. The van der Waals surface area contributed by atoms with Crippen molar-refractivity contribution >= 4 is 11.9 Å². The van der Waals surface area contributed by atoms with E-state index in [1.54, 1.807) is 0 Å². The van der Waals surface area contributed by atoms with E-state index < -0.39 is 0 Å². The fourth-order valence-electron chi connectivity index (χ4n) is 3.92. The number of nitrogens with one attached hydrogen (secondary N) is 2. The molecule has 2 rings (SSSR count). The standard InChI is InChI=1S/C25H43N5O/c1-5-27-24(29-16-12-20-8-10-22(11-9-20)25(2,3)4)28-15-6-7-17-30-18-13-21(14-19-30)23(26)31/h8-11,21H,5-7,12-19H2,1-4H3,(H2,26,31)(H2,27,28,29). The van der Waals surface area contributed by atoms with Crippen LogP contribution in [0.5, 0.6) is 0 Å². The predicted octanol–water partition coefficient (Wildman–Crippen LogP) is 3.06. The molecule has 1 heterocycles. The number of aliphatic imine (C=N–C) groups is 1. The van der Waals surface area contributed by atoms with Gasteiger partial charge < -0.3 is 21.3 Å². The Morgan fingerprint density at radius 3 is 2.39 bits per heavy atom. The van der Waals surface area contributed by atoms with Gasteiger partial charge >= 0.3 is 0 Å². The van der Waals surface area contributed by atoms with Crippen LogP contribution in [0.15, 0.2) is 29.3 Å². The number of hydrogen-bond acceptors (Lipinski definition) is 3. The Morgan fingerprint density at radius 1 is 1.13 bits per heavy atom. The number of guanidine groups is 1. The summed E-state index contributed by atoms with van der Waals surface area (Å²) in [4.78, 5) is 18.4. The maximum absolute atomic E-state index is 11.3. The highest BCUT2D eigenvalue weighted by atomic mass is 16.1. The Morgan fingerprint density at radius 2 is 1.81 bits per heavy atom. The summed E-state index contributed by atoms with van der Waals surface area (Å²) in [6, 6.07) is 8.95. The van der Waals surface area contributed by atoms with Gasteiger partial charge in [0.1, 0.15) is 0 Å². The number of nitrogens with two attached hydrogens (primary N) is 1. The fourth-order valence-corrected chi connectivity index (χ4v) is 3.92. The number of nitrogens with zero attached hydrogens (tertiary/aromatic N) is 2. The van der Waals surface area contributed by atoms with Crippen LogP contribution in [0, 0.1) is 5.92 Å². The molecule has 1 aliphatic rings. The predicted molar refractivity (Wildman–Crippen MR) is 130 cm³/mol. The van der Waals surface area contributed by atoms with Crippen LogP contribution in [0.2, 0.25) is 0 Å². The zero-order valence-corrected chi connectivity index (χ0v) is 20.0. The third-order valence-electron chi connectivity index (χ3n) is 6.01. The molecule has 1 aromatic rings. The number of piperidine rings is 1. The first-order chi connectivity index (χ1) is 14.8. The van der Waals surface area contributed by atoms with Crippen LogP contribution in [0.1, 0.15) is 64.5 Å². The van der Waals surface area contributed by atoms with E-state index in [1.165, 1.54) is 11.1 Å². The van der Waals surface area contributed by atoms with Gasteiger partial charge in [0.25, 0.3) is 0 Å². The summed E-state index contributed by atoms with van der Waals surface area (Å²) >= 11 is 0. The number of unbranched alkanes of at least 4 members (excludes halogenated alkanes) is 1. The average molecular weight is 430 g/mol. The third-order valence-corrected chi connectivity index (χ3v) is 6.01. The average Bonchev–Trinajstić information content (AvgIpc) is 2.73. The number of hydrogen-bond donors (Lipinski definition) is 3. The number of primary amides is 1. The molecule has 6 nitrogen and oxygen atoms in total. The van der Waals surface area contributed by atoms with Gasteiger partial charge in [-0.1, -0.05) is 45.0 Å². The van der Waals surface area contributed by atoms with Crippen molar-refractivity contribution in [2.45, 2.75) is 65.2 Å². The molecule has 174 valence electrons. The lowest BCUT2D eigenvalue weighted by atomic mass is 9.86. The summed E-state index contributed by atoms with van der Waals surface area (Å²) in [5, 5.41) is 6.79. The Hall–Kier alpha value is -2.08. The van der Waals surface area contributed by atoms with Crippen molar-refractivity contribution in [3.8, 4) is 0 Å². The molecule has 1 aromatic carbocycles. The van der Waals surface area contributed by atoms with E-state index in [0.717, 1.165) is 77.3 Å². The van der Waals surface area contributed by atoms with Gasteiger partial charge in [0.05, 0.1) is 0 Å². The van der Waals surface area contributed by atoms with Gasteiger partial charge in [0, 0.05) is 25.6 Å². The normalized spacial score (nSPS) is 16.3. The second-order valence-electron chi connectivity index (χ2n) is 9.61. The summed E-state index contributed by atoms with van der Waals surface area (Å²) in [7, 11) is 0. The molecule has 1 fully saturated rings. The molecule has 0 spiro atoms. The topological polar surface area (TPSA) is 82.8 Å². The fraction of sp³-hybridized carbons (Fsp3) is 0.680. The van der Waals surface area contributed by atoms with Crippen molar-refractivity contribution in [2.24, 2.45) is 16.6 Å². The van der Waals surface area contributed by atoms with E-state index in [2.05, 4.69) is 67.5 Å². The molecule has 1 amide bonds. The molecule has 0 aromatic heterocycles. The van der Waals surface area contributed by atoms with Crippen LogP contribution in [0.4, 0.5) is 0 Å². The van der Waals surface area contributed by atoms with E-state index in [1.807, 2.05) is 0 Å². The van der Waals surface area contributed by atoms with E-state index in [9.17, 15) is 4.79 Å². The Kier molecular flexibility index (Phi) is 10.3. The number of carbonyl (C=O) groups excluding carboxylic acids is 1. The van der Waals surface area contributed by atoms with Crippen molar-refractivity contribution in [3.05, 3.63) is 35.4 Å². The van der Waals surface area contributed by atoms with Crippen molar-refractivity contribution in [2.75, 3.05) is 39.3 Å². The Balaban J connectivity index is 1.65. The summed E-state index contributed by atoms with van der Waals surface area (Å²) in [5.74, 6) is 0.835. The zero-order valence-electron chi connectivity index (χ0n) is 20.0. The molecule has 0 unspecified atom stereocenters. The van der Waals surface area contributed by atoms with Gasteiger partial charge in [-0.3, -0.25) is 9.79 Å². The van der Waals surface area contributed by atoms with E-state index in [4.69, 9.17) is 10.7 Å². The number of amides is 1. The maximum Gasteiger partial charge on any atom is 0.220 e. The molecule has 0 radical (unpaired) electrons. The lowest BCUT2D eigenvalue weighted by molar-refractivity contribution is -0.123. The van der Waals surface area contributed by atoms with Gasteiger partial charge in [-0.05, 0) is 75.2 Å². The number of carbonyl (C=O) groups is 1. The second kappa shape index (κ2) is 12.7. The van der Waals surface area contributed by atoms with Gasteiger partial charge in [-0.15, -0.1) is 0 Å². The lowest BCUT2D eigenvalue weighted by Gasteiger charge is -2.30. The van der Waals surface area contributed by atoms with Crippen LogP contribution in [-0.2, 0) is 16.6 Å². The highest BCUT2D eigenvalue weighted by Crippen LogP contribution is 2.22. The van der Waals surface area contributed by atoms with Gasteiger partial charge in [-0.2, -0.15) is 0 Å². The molecule has 0 bridgehead atoms. The number of benzene rings is 1. The van der Waals surface area contributed by atoms with Crippen LogP contribution in [-0.4, -0.2) is 56.0 Å². The molecule has 6 heteroatoms. The van der Waals surface area contributed by atoms with Crippen molar-refractivity contribution < 1.29 is 4.79 Å².